The molecule has 0 bridgehead atoms. The molecular weight excluding hydrogens is 366 g/mol. The fourth-order valence-corrected chi connectivity index (χ4v) is 6.27. The molecule has 0 spiro atoms. The normalized spacial score (nSPS) is 12.6. The van der Waals surface area contributed by atoms with Gasteiger partial charge in [-0.05, 0) is 32.1 Å². The first kappa shape index (κ1) is 28.1. The van der Waals surface area contributed by atoms with Gasteiger partial charge in [0.15, 0.2) is 0 Å². The molecule has 28 heavy (non-hydrogen) atoms. The molecule has 0 unspecified atom stereocenters. The van der Waals surface area contributed by atoms with Crippen molar-refractivity contribution in [3.63, 3.8) is 0 Å². The minimum Gasteiger partial charge on any atom is -0.373 e. The maximum atomic E-state index is 6.23. The molecule has 0 aliphatic carbocycles. The Morgan fingerprint density at radius 3 is 1.43 bits per heavy atom. The van der Waals surface area contributed by atoms with Crippen LogP contribution in [0.1, 0.15) is 98.3 Å². The van der Waals surface area contributed by atoms with Gasteiger partial charge in [0.05, 0.1) is 27.2 Å². The maximum absolute atomic E-state index is 6.23. The average Bonchev–Trinajstić information content (AvgIpc) is 2.68. The highest BCUT2D eigenvalue weighted by Gasteiger charge is 2.41. The van der Waals surface area contributed by atoms with Crippen LogP contribution in [0.15, 0.2) is 0 Å². The molecule has 0 aromatic rings. The summed E-state index contributed by atoms with van der Waals surface area (Å²) in [6, 6.07) is 0.950. The van der Waals surface area contributed by atoms with E-state index in [1.165, 1.54) is 58.0 Å². The number of hydrogen-bond acceptors (Lipinski definition) is 3. The zero-order valence-corrected chi connectivity index (χ0v) is 21.2. The lowest BCUT2D eigenvalue weighted by Crippen LogP contribution is -2.48. The van der Waals surface area contributed by atoms with Gasteiger partial charge in [-0.1, -0.05) is 59.8 Å². The maximum Gasteiger partial charge on any atom is 0.501 e. The van der Waals surface area contributed by atoms with Crippen molar-refractivity contribution in [2.45, 2.75) is 104 Å². The molecule has 0 aliphatic rings. The van der Waals surface area contributed by atoms with Gasteiger partial charge in [0.1, 0.15) is 0 Å². The Kier molecular flexibility index (Phi) is 17.9. The van der Waals surface area contributed by atoms with Crippen LogP contribution >= 0.6 is 0 Å². The van der Waals surface area contributed by atoms with Gasteiger partial charge in [0, 0.05) is 32.3 Å². The minimum atomic E-state index is -2.53. The summed E-state index contributed by atoms with van der Waals surface area (Å²) in [6.45, 7) is 13.4. The van der Waals surface area contributed by atoms with E-state index in [4.69, 9.17) is 13.3 Å². The molecule has 0 atom stereocenters. The van der Waals surface area contributed by atoms with Crippen LogP contribution in [-0.2, 0) is 13.3 Å². The number of rotatable bonds is 21. The van der Waals surface area contributed by atoms with E-state index >= 15 is 0 Å². The number of hydrogen-bond donors (Lipinski definition) is 0. The lowest BCUT2D eigenvalue weighted by Gasteiger charge is -2.33. The Labute approximate surface area is 178 Å². The molecule has 0 aliphatic heterocycles. The van der Waals surface area contributed by atoms with E-state index in [1.54, 1.807) is 0 Å². The Morgan fingerprint density at radius 2 is 0.964 bits per heavy atom. The first-order valence-corrected chi connectivity index (χ1v) is 14.1. The molecule has 0 saturated carbocycles. The second-order valence-electron chi connectivity index (χ2n) is 8.84. The molecule has 0 fully saturated rings. The van der Waals surface area contributed by atoms with E-state index in [2.05, 4.69) is 41.8 Å². The van der Waals surface area contributed by atoms with Crippen molar-refractivity contribution in [1.29, 1.82) is 0 Å². The minimum absolute atomic E-state index is 0.746. The van der Waals surface area contributed by atoms with Gasteiger partial charge in [-0.3, -0.25) is 0 Å². The molecule has 0 saturated heterocycles. The molecule has 0 N–H and O–H groups in total. The van der Waals surface area contributed by atoms with Gasteiger partial charge in [-0.2, -0.15) is 0 Å². The van der Waals surface area contributed by atoms with Gasteiger partial charge in [0.25, 0.3) is 0 Å². The summed E-state index contributed by atoms with van der Waals surface area (Å²) in [5, 5.41) is 0. The Morgan fingerprint density at radius 1 is 0.536 bits per heavy atom. The highest BCUT2D eigenvalue weighted by molar-refractivity contribution is 6.60. The summed E-state index contributed by atoms with van der Waals surface area (Å²) in [5.74, 6) is 0. The van der Waals surface area contributed by atoms with E-state index in [0.29, 0.717) is 0 Å². The van der Waals surface area contributed by atoms with Crippen molar-refractivity contribution in [3.05, 3.63) is 0 Å². The highest BCUT2D eigenvalue weighted by atomic mass is 28.4. The third-order valence-electron chi connectivity index (χ3n) is 5.19. The third kappa shape index (κ3) is 15.0. The largest absolute Gasteiger partial charge is 0.501 e. The Bertz CT molecular complexity index is 318. The number of unbranched alkanes of at least 4 members (excludes halogenated alkanes) is 6. The summed E-state index contributed by atoms with van der Waals surface area (Å²) < 4.78 is 19.8. The van der Waals surface area contributed by atoms with Crippen LogP contribution in [0.2, 0.25) is 6.04 Å². The first-order chi connectivity index (χ1) is 13.4. The summed E-state index contributed by atoms with van der Waals surface area (Å²) in [4.78, 5) is 0. The molecule has 0 heterocycles. The molecule has 0 radical (unpaired) electrons. The quantitative estimate of drug-likeness (QED) is 0.122. The smallest absolute Gasteiger partial charge is 0.373 e. The predicted molar refractivity (Wildman–Crippen MR) is 124 cm³/mol. The summed E-state index contributed by atoms with van der Waals surface area (Å²) in [5.41, 5.74) is 0. The Hall–Kier alpha value is 0.0569. The van der Waals surface area contributed by atoms with E-state index < -0.39 is 8.80 Å². The van der Waals surface area contributed by atoms with Crippen LogP contribution in [0, 0.1) is 0 Å². The van der Waals surface area contributed by atoms with Crippen molar-refractivity contribution < 1.29 is 17.8 Å². The van der Waals surface area contributed by atoms with Crippen LogP contribution in [0.3, 0.4) is 0 Å². The van der Waals surface area contributed by atoms with Crippen LogP contribution in [-0.4, -0.2) is 60.3 Å². The number of nitrogens with zero attached hydrogens (tertiary/aromatic N) is 1. The summed E-state index contributed by atoms with van der Waals surface area (Å²) >= 11 is 0. The molecule has 170 valence electrons. The van der Waals surface area contributed by atoms with Crippen LogP contribution in [0.25, 0.3) is 0 Å². The van der Waals surface area contributed by atoms with Crippen molar-refractivity contribution in [1.82, 2.24) is 0 Å². The monoisotopic (exact) mass is 418 g/mol. The molecule has 0 rings (SSSR count). The SMILES string of the molecule is CCCCCCCCC[N+](C)(C)CCC[Si](OCCC)(OCCC)OCCC. The predicted octanol–water partition coefficient (Wildman–Crippen LogP) is 6.42. The average molecular weight is 419 g/mol. The van der Waals surface area contributed by atoms with Crippen LogP contribution in [0.4, 0.5) is 0 Å². The van der Waals surface area contributed by atoms with Gasteiger partial charge in [0.2, 0.25) is 0 Å². The lowest BCUT2D eigenvalue weighted by molar-refractivity contribution is -0.890. The van der Waals surface area contributed by atoms with Crippen molar-refractivity contribution in [3.8, 4) is 0 Å². The van der Waals surface area contributed by atoms with E-state index in [1.807, 2.05) is 0 Å². The molecular formula is C23H52NO3Si+. The zero-order valence-electron chi connectivity index (χ0n) is 20.2. The van der Waals surface area contributed by atoms with Gasteiger partial charge >= 0.3 is 8.80 Å². The van der Waals surface area contributed by atoms with Gasteiger partial charge < -0.3 is 17.8 Å². The summed E-state index contributed by atoms with van der Waals surface area (Å²) in [7, 11) is 2.21. The Balaban J connectivity index is 4.36. The summed E-state index contributed by atoms with van der Waals surface area (Å²) in [6.07, 6.45) is 13.8. The van der Waals surface area contributed by atoms with Crippen LogP contribution < -0.4 is 0 Å². The second-order valence-corrected chi connectivity index (χ2v) is 11.6. The molecule has 0 aromatic heterocycles. The van der Waals surface area contributed by atoms with Crippen molar-refractivity contribution in [2.75, 3.05) is 47.0 Å². The standard InChI is InChI=1S/C23H52NO3Si/c1-7-11-12-13-14-15-16-18-24(5,6)19-17-23-28(25-20-8-2,26-21-9-3)27-22-10-4/h7-23H2,1-6H3/q+1. The van der Waals surface area contributed by atoms with E-state index in [-0.39, 0.29) is 0 Å². The number of quaternary nitrogens is 1. The molecule has 4 nitrogen and oxygen atoms in total. The highest BCUT2D eigenvalue weighted by Crippen LogP contribution is 2.21. The van der Waals surface area contributed by atoms with Gasteiger partial charge in [-0.25, -0.2) is 0 Å². The van der Waals surface area contributed by atoms with E-state index in [0.717, 1.165) is 56.0 Å². The fraction of sp³-hybridized carbons (Fsp3) is 1.00. The topological polar surface area (TPSA) is 27.7 Å². The zero-order chi connectivity index (χ0) is 21.1. The van der Waals surface area contributed by atoms with Crippen molar-refractivity contribution >= 4 is 8.80 Å². The van der Waals surface area contributed by atoms with Crippen LogP contribution in [0.5, 0.6) is 0 Å². The third-order valence-corrected chi connectivity index (χ3v) is 8.09. The second kappa shape index (κ2) is 17.9. The molecule has 0 amide bonds. The molecule has 5 heteroatoms. The lowest BCUT2D eigenvalue weighted by atomic mass is 10.1. The fourth-order valence-electron chi connectivity index (χ4n) is 3.45. The van der Waals surface area contributed by atoms with Crippen molar-refractivity contribution in [2.24, 2.45) is 0 Å². The van der Waals surface area contributed by atoms with Gasteiger partial charge in [-0.15, -0.1) is 0 Å². The first-order valence-electron chi connectivity index (χ1n) is 12.2. The molecule has 0 aromatic carbocycles. The van der Waals surface area contributed by atoms with E-state index in [9.17, 15) is 0 Å².